The topological polar surface area (TPSA) is 65.4 Å². The lowest BCUT2D eigenvalue weighted by atomic mass is 10.2. The molecule has 2 aromatic rings. The molecule has 1 aromatic carbocycles. The van der Waals surface area contributed by atoms with Crippen LogP contribution in [0.5, 0.6) is 11.5 Å². The summed E-state index contributed by atoms with van der Waals surface area (Å²) in [5.41, 5.74) is 1.01. The van der Waals surface area contributed by atoms with Crippen LogP contribution in [0, 0.1) is 6.92 Å². The Hall–Kier alpha value is -2.64. The average molecular weight is 381 g/mol. The van der Waals surface area contributed by atoms with Crippen LogP contribution in [0.1, 0.15) is 50.2 Å². The van der Waals surface area contributed by atoms with Gasteiger partial charge in [-0.25, -0.2) is 8.78 Å². The maximum atomic E-state index is 12.8. The smallest absolute Gasteiger partial charge is 0.282 e. The second-order valence-corrected chi connectivity index (χ2v) is 6.00. The van der Waals surface area contributed by atoms with E-state index in [9.17, 15) is 13.6 Å². The zero-order valence-corrected chi connectivity index (χ0v) is 16.0. The van der Waals surface area contributed by atoms with Crippen LogP contribution < -0.4 is 14.8 Å². The molecule has 6 nitrogen and oxygen atoms in total. The van der Waals surface area contributed by atoms with E-state index in [0.717, 1.165) is 5.56 Å². The molecule has 0 saturated carbocycles. The molecule has 1 unspecified atom stereocenters. The highest BCUT2D eigenvalue weighted by atomic mass is 19.3. The zero-order chi connectivity index (χ0) is 20.0. The highest BCUT2D eigenvalue weighted by Crippen LogP contribution is 2.28. The summed E-state index contributed by atoms with van der Waals surface area (Å²) in [5, 5.41) is 6.63. The summed E-state index contributed by atoms with van der Waals surface area (Å²) in [5.74, 6) is 0.951. The minimum Gasteiger partial charge on any atom is -0.490 e. The fourth-order valence-electron chi connectivity index (χ4n) is 2.66. The van der Waals surface area contributed by atoms with E-state index in [1.54, 1.807) is 19.9 Å². The van der Waals surface area contributed by atoms with Crippen LogP contribution in [0.25, 0.3) is 0 Å². The molecular formula is C19H25F2N3O3. The van der Waals surface area contributed by atoms with Gasteiger partial charge in [-0.05, 0) is 51.5 Å². The normalized spacial score (nSPS) is 12.1. The van der Waals surface area contributed by atoms with Crippen molar-refractivity contribution in [3.8, 4) is 11.5 Å². The summed E-state index contributed by atoms with van der Waals surface area (Å²) >= 11 is 0. The maximum absolute atomic E-state index is 12.8. The number of aryl methyl sites for hydroxylation is 1. The molecule has 0 bridgehead atoms. The van der Waals surface area contributed by atoms with Gasteiger partial charge in [-0.15, -0.1) is 0 Å². The van der Waals surface area contributed by atoms with Crippen LogP contribution >= 0.6 is 0 Å². The van der Waals surface area contributed by atoms with Crippen molar-refractivity contribution < 1.29 is 23.0 Å². The van der Waals surface area contributed by atoms with E-state index in [0.29, 0.717) is 30.4 Å². The van der Waals surface area contributed by atoms with E-state index in [4.69, 9.17) is 9.47 Å². The molecule has 1 amide bonds. The van der Waals surface area contributed by atoms with Crippen LogP contribution in [0.3, 0.4) is 0 Å². The molecule has 27 heavy (non-hydrogen) atoms. The lowest BCUT2D eigenvalue weighted by Gasteiger charge is -2.16. The Morgan fingerprint density at radius 1 is 1.19 bits per heavy atom. The Morgan fingerprint density at radius 2 is 1.85 bits per heavy atom. The third-order valence-electron chi connectivity index (χ3n) is 3.99. The summed E-state index contributed by atoms with van der Waals surface area (Å²) in [7, 11) is 0. The van der Waals surface area contributed by atoms with Gasteiger partial charge in [-0.3, -0.25) is 9.48 Å². The second kappa shape index (κ2) is 9.34. The number of hydrogen-bond acceptors (Lipinski definition) is 4. The lowest BCUT2D eigenvalue weighted by Crippen LogP contribution is -2.31. The number of benzene rings is 1. The van der Waals surface area contributed by atoms with Gasteiger partial charge >= 0.3 is 0 Å². The molecule has 2 rings (SSSR count). The Balaban J connectivity index is 2.05. The van der Waals surface area contributed by atoms with Crippen molar-refractivity contribution in [2.24, 2.45) is 0 Å². The first-order valence-corrected chi connectivity index (χ1v) is 8.87. The first-order valence-electron chi connectivity index (χ1n) is 8.87. The number of carbonyl (C=O) groups is 1. The number of carbonyl (C=O) groups excluding carboxylic acids is 1. The molecule has 1 N–H and O–H groups in total. The van der Waals surface area contributed by atoms with Crippen molar-refractivity contribution in [1.29, 1.82) is 0 Å². The Kier molecular flexibility index (Phi) is 7.15. The monoisotopic (exact) mass is 381 g/mol. The van der Waals surface area contributed by atoms with E-state index in [1.807, 2.05) is 26.0 Å². The molecule has 0 fully saturated rings. The van der Waals surface area contributed by atoms with Crippen molar-refractivity contribution in [1.82, 2.24) is 15.1 Å². The number of ether oxygens (including phenoxy) is 2. The molecule has 0 saturated heterocycles. The Bertz CT molecular complexity index is 778. The van der Waals surface area contributed by atoms with E-state index >= 15 is 0 Å². The predicted molar refractivity (Wildman–Crippen MR) is 97.3 cm³/mol. The predicted octanol–water partition coefficient (Wildman–Crippen LogP) is 3.80. The number of alkyl halides is 2. The van der Waals surface area contributed by atoms with E-state index in [-0.39, 0.29) is 18.1 Å². The minimum absolute atomic E-state index is 0.275. The van der Waals surface area contributed by atoms with Crippen LogP contribution in [0.4, 0.5) is 8.78 Å². The second-order valence-electron chi connectivity index (χ2n) is 6.00. The fourth-order valence-corrected chi connectivity index (χ4v) is 2.66. The molecule has 0 spiro atoms. The van der Waals surface area contributed by atoms with Crippen molar-refractivity contribution >= 4 is 5.91 Å². The van der Waals surface area contributed by atoms with Gasteiger partial charge in [0.05, 0.1) is 13.2 Å². The van der Waals surface area contributed by atoms with E-state index in [2.05, 4.69) is 10.4 Å². The fraction of sp³-hybridized carbons (Fsp3) is 0.474. The molecule has 1 aromatic heterocycles. The third kappa shape index (κ3) is 5.18. The molecule has 1 atom stereocenters. The Morgan fingerprint density at radius 3 is 2.44 bits per heavy atom. The maximum Gasteiger partial charge on any atom is 0.282 e. The largest absolute Gasteiger partial charge is 0.490 e. The summed E-state index contributed by atoms with van der Waals surface area (Å²) in [6.45, 7) is 8.33. The number of nitrogens with one attached hydrogen (secondary N) is 1. The van der Waals surface area contributed by atoms with Gasteiger partial charge < -0.3 is 14.8 Å². The van der Waals surface area contributed by atoms with Crippen LogP contribution in [-0.4, -0.2) is 28.9 Å². The zero-order valence-electron chi connectivity index (χ0n) is 16.0. The highest BCUT2D eigenvalue weighted by Gasteiger charge is 2.21. The summed E-state index contributed by atoms with van der Waals surface area (Å²) in [4.78, 5) is 12.4. The minimum atomic E-state index is -2.67. The third-order valence-corrected chi connectivity index (χ3v) is 3.99. The first-order chi connectivity index (χ1) is 12.9. The van der Waals surface area contributed by atoms with Crippen LogP contribution in [-0.2, 0) is 11.3 Å². The quantitative estimate of drug-likeness (QED) is 0.717. The first kappa shape index (κ1) is 20.7. The average Bonchev–Trinajstić information content (AvgIpc) is 3.03. The summed E-state index contributed by atoms with van der Waals surface area (Å²) < 4.78 is 38.0. The molecule has 0 aliphatic heterocycles. The highest BCUT2D eigenvalue weighted by molar-refractivity contribution is 5.79. The van der Waals surface area contributed by atoms with Gasteiger partial charge in [0.25, 0.3) is 6.43 Å². The van der Waals surface area contributed by atoms with Crippen LogP contribution in [0.15, 0.2) is 24.3 Å². The molecule has 148 valence electrons. The lowest BCUT2D eigenvalue weighted by molar-refractivity contribution is -0.124. The van der Waals surface area contributed by atoms with Crippen molar-refractivity contribution in [2.75, 3.05) is 13.2 Å². The van der Waals surface area contributed by atoms with Gasteiger partial charge in [-0.2, -0.15) is 5.10 Å². The van der Waals surface area contributed by atoms with Gasteiger partial charge in [0.15, 0.2) is 11.5 Å². The van der Waals surface area contributed by atoms with Gasteiger partial charge in [0.1, 0.15) is 11.7 Å². The van der Waals surface area contributed by atoms with Crippen molar-refractivity contribution in [3.05, 3.63) is 41.2 Å². The molecule has 1 heterocycles. The molecule has 8 heteroatoms. The molecule has 0 aliphatic rings. The van der Waals surface area contributed by atoms with E-state index < -0.39 is 12.5 Å². The van der Waals surface area contributed by atoms with Crippen molar-refractivity contribution in [2.45, 2.75) is 46.7 Å². The van der Waals surface area contributed by atoms with Crippen molar-refractivity contribution in [3.63, 3.8) is 0 Å². The number of rotatable bonds is 9. The number of hydrogen-bond donors (Lipinski definition) is 1. The number of aromatic nitrogens is 2. The summed E-state index contributed by atoms with van der Waals surface area (Å²) in [6, 6.07) is 6.04. The molecule has 0 aliphatic carbocycles. The van der Waals surface area contributed by atoms with Gasteiger partial charge in [0, 0.05) is 12.2 Å². The number of nitrogens with zero attached hydrogens (tertiary/aromatic N) is 2. The van der Waals surface area contributed by atoms with Gasteiger partial charge in [0.2, 0.25) is 5.91 Å². The standard InChI is InChI=1S/C19H25F2N3O3/c1-5-26-16-8-7-14(10-17(16)27-6-2)11-22-19(25)13(4)24-12(3)9-15(23-24)18(20)21/h7-10,13,18H,5-6,11H2,1-4H3,(H,22,25). The van der Waals surface area contributed by atoms with Crippen LogP contribution in [0.2, 0.25) is 0 Å². The summed E-state index contributed by atoms with van der Waals surface area (Å²) in [6.07, 6.45) is -2.67. The number of halogens is 2. The Labute approximate surface area is 157 Å². The SMILES string of the molecule is CCOc1ccc(CNC(=O)C(C)n2nc(C(F)F)cc2C)cc1OCC. The van der Waals surface area contributed by atoms with Gasteiger partial charge in [-0.1, -0.05) is 6.07 Å². The number of amides is 1. The van der Waals surface area contributed by atoms with E-state index in [1.165, 1.54) is 10.7 Å². The molecule has 0 radical (unpaired) electrons. The molecular weight excluding hydrogens is 356 g/mol.